The van der Waals surface area contributed by atoms with Crippen molar-refractivity contribution in [3.05, 3.63) is 66.0 Å². The SMILES string of the molecule is O=C(NCc1ccc2c(c1)OCO2)c1cccc(-c2cnc(NC3CCCCC3)nc2)c1. The molecule has 0 saturated heterocycles. The van der Waals surface area contributed by atoms with Crippen LogP contribution < -0.4 is 20.1 Å². The third kappa shape index (κ3) is 4.66. The molecule has 1 aromatic heterocycles. The van der Waals surface area contributed by atoms with E-state index in [1.54, 1.807) is 6.07 Å². The molecule has 0 radical (unpaired) electrons. The molecule has 3 aromatic rings. The first-order chi connectivity index (χ1) is 15.7. The molecular formula is C25H26N4O3. The number of aromatic nitrogens is 2. The number of nitrogens with zero attached hydrogens (tertiary/aromatic N) is 2. The summed E-state index contributed by atoms with van der Waals surface area (Å²) in [5.74, 6) is 1.97. The monoisotopic (exact) mass is 430 g/mol. The van der Waals surface area contributed by atoms with E-state index >= 15 is 0 Å². The normalized spacial score (nSPS) is 15.4. The highest BCUT2D eigenvalue weighted by molar-refractivity contribution is 5.95. The Morgan fingerprint density at radius 1 is 0.938 bits per heavy atom. The second-order valence-corrected chi connectivity index (χ2v) is 8.23. The summed E-state index contributed by atoms with van der Waals surface area (Å²) in [5, 5.41) is 6.40. The van der Waals surface area contributed by atoms with Gasteiger partial charge in [-0.25, -0.2) is 9.97 Å². The van der Waals surface area contributed by atoms with Crippen molar-refractivity contribution in [1.82, 2.24) is 15.3 Å². The zero-order chi connectivity index (χ0) is 21.8. The molecule has 2 aromatic carbocycles. The van der Waals surface area contributed by atoms with Crippen LogP contribution in [-0.2, 0) is 6.54 Å². The minimum Gasteiger partial charge on any atom is -0.454 e. The van der Waals surface area contributed by atoms with E-state index < -0.39 is 0 Å². The van der Waals surface area contributed by atoms with Crippen LogP contribution in [0.5, 0.6) is 11.5 Å². The molecule has 0 unspecified atom stereocenters. The van der Waals surface area contributed by atoms with Gasteiger partial charge in [-0.05, 0) is 48.2 Å². The largest absolute Gasteiger partial charge is 0.454 e. The van der Waals surface area contributed by atoms with E-state index in [0.29, 0.717) is 29.8 Å². The van der Waals surface area contributed by atoms with Gasteiger partial charge in [-0.15, -0.1) is 0 Å². The van der Waals surface area contributed by atoms with Crippen LogP contribution in [0.1, 0.15) is 48.0 Å². The molecule has 2 aliphatic rings. The Hall–Kier alpha value is -3.61. The number of anilines is 1. The molecule has 5 rings (SSSR count). The lowest BCUT2D eigenvalue weighted by molar-refractivity contribution is 0.0951. The van der Waals surface area contributed by atoms with Gasteiger partial charge >= 0.3 is 0 Å². The molecule has 1 saturated carbocycles. The summed E-state index contributed by atoms with van der Waals surface area (Å²) in [6, 6.07) is 13.6. The number of rotatable bonds is 6. The van der Waals surface area contributed by atoms with Crippen molar-refractivity contribution in [2.24, 2.45) is 0 Å². The Kier molecular flexibility index (Phi) is 5.87. The van der Waals surface area contributed by atoms with Crippen LogP contribution in [0.15, 0.2) is 54.9 Å². The smallest absolute Gasteiger partial charge is 0.251 e. The summed E-state index contributed by atoms with van der Waals surface area (Å²) in [5.41, 5.74) is 3.33. The van der Waals surface area contributed by atoms with Gasteiger partial charge in [-0.2, -0.15) is 0 Å². The van der Waals surface area contributed by atoms with E-state index in [9.17, 15) is 4.79 Å². The van der Waals surface area contributed by atoms with Crippen LogP contribution in [0.25, 0.3) is 11.1 Å². The number of hydrogen-bond acceptors (Lipinski definition) is 6. The summed E-state index contributed by atoms with van der Waals surface area (Å²) >= 11 is 0. The molecule has 2 heterocycles. The van der Waals surface area contributed by atoms with Gasteiger partial charge in [0.2, 0.25) is 12.7 Å². The second kappa shape index (κ2) is 9.26. The molecule has 32 heavy (non-hydrogen) atoms. The zero-order valence-electron chi connectivity index (χ0n) is 17.8. The Labute approximate surface area is 187 Å². The van der Waals surface area contributed by atoms with E-state index in [0.717, 1.165) is 22.4 Å². The van der Waals surface area contributed by atoms with Crippen LogP contribution >= 0.6 is 0 Å². The van der Waals surface area contributed by atoms with E-state index in [2.05, 4.69) is 20.6 Å². The highest BCUT2D eigenvalue weighted by Crippen LogP contribution is 2.32. The maximum absolute atomic E-state index is 12.7. The molecule has 2 N–H and O–H groups in total. The molecule has 1 aliphatic carbocycles. The van der Waals surface area contributed by atoms with Crippen molar-refractivity contribution < 1.29 is 14.3 Å². The van der Waals surface area contributed by atoms with Crippen molar-refractivity contribution in [2.45, 2.75) is 44.7 Å². The fourth-order valence-corrected chi connectivity index (χ4v) is 4.16. The third-order valence-electron chi connectivity index (χ3n) is 5.94. The van der Waals surface area contributed by atoms with Gasteiger partial charge in [0.05, 0.1) is 0 Å². The van der Waals surface area contributed by atoms with E-state index in [4.69, 9.17) is 9.47 Å². The minimum absolute atomic E-state index is 0.138. The number of hydrogen-bond donors (Lipinski definition) is 2. The lowest BCUT2D eigenvalue weighted by Crippen LogP contribution is -2.23. The second-order valence-electron chi connectivity index (χ2n) is 8.23. The van der Waals surface area contributed by atoms with E-state index in [1.165, 1.54) is 32.1 Å². The van der Waals surface area contributed by atoms with Gasteiger partial charge in [-0.1, -0.05) is 37.5 Å². The lowest BCUT2D eigenvalue weighted by Gasteiger charge is -2.22. The average Bonchev–Trinajstić information content (AvgIpc) is 3.32. The minimum atomic E-state index is -0.138. The zero-order valence-corrected chi connectivity index (χ0v) is 17.8. The predicted octanol–water partition coefficient (Wildman–Crippen LogP) is 4.55. The molecule has 0 bridgehead atoms. The summed E-state index contributed by atoms with van der Waals surface area (Å²) in [7, 11) is 0. The van der Waals surface area contributed by atoms with E-state index in [1.807, 2.05) is 48.8 Å². The number of amides is 1. The average molecular weight is 431 g/mol. The molecule has 164 valence electrons. The quantitative estimate of drug-likeness (QED) is 0.597. The molecule has 0 spiro atoms. The standard InChI is InChI=1S/C25H26N4O3/c30-24(26-13-17-9-10-22-23(11-17)32-16-31-22)19-6-4-5-18(12-19)20-14-27-25(28-15-20)29-21-7-2-1-3-8-21/h4-6,9-12,14-15,21H,1-3,7-8,13,16H2,(H,26,30)(H,27,28,29). The molecule has 7 heteroatoms. The summed E-state index contributed by atoms with van der Waals surface area (Å²) in [4.78, 5) is 21.7. The molecule has 1 aliphatic heterocycles. The van der Waals surface area contributed by atoms with Gasteiger partial charge < -0.3 is 20.1 Å². The summed E-state index contributed by atoms with van der Waals surface area (Å²) < 4.78 is 10.7. The molecular weight excluding hydrogens is 404 g/mol. The van der Waals surface area contributed by atoms with Crippen LogP contribution in [0.3, 0.4) is 0 Å². The van der Waals surface area contributed by atoms with E-state index in [-0.39, 0.29) is 12.7 Å². The topological polar surface area (TPSA) is 85.4 Å². The fraction of sp³-hybridized carbons (Fsp3) is 0.320. The summed E-state index contributed by atoms with van der Waals surface area (Å²) in [6.07, 6.45) is 9.81. The van der Waals surface area contributed by atoms with Gasteiger partial charge in [0.1, 0.15) is 0 Å². The summed E-state index contributed by atoms with van der Waals surface area (Å²) in [6.45, 7) is 0.642. The number of fused-ring (bicyclic) bond motifs is 1. The van der Waals surface area contributed by atoms with Gasteiger partial charge in [-0.3, -0.25) is 4.79 Å². The highest BCUT2D eigenvalue weighted by atomic mass is 16.7. The van der Waals surface area contributed by atoms with Gasteiger partial charge in [0.15, 0.2) is 11.5 Å². The highest BCUT2D eigenvalue weighted by Gasteiger charge is 2.15. The van der Waals surface area contributed by atoms with Crippen molar-refractivity contribution in [3.63, 3.8) is 0 Å². The number of carbonyl (C=O) groups is 1. The van der Waals surface area contributed by atoms with Crippen molar-refractivity contribution >= 4 is 11.9 Å². The van der Waals surface area contributed by atoms with Crippen molar-refractivity contribution in [1.29, 1.82) is 0 Å². The predicted molar refractivity (Wildman–Crippen MR) is 122 cm³/mol. The van der Waals surface area contributed by atoms with Crippen LogP contribution in [0.4, 0.5) is 5.95 Å². The molecule has 1 amide bonds. The Balaban J connectivity index is 1.22. The number of nitrogens with one attached hydrogen (secondary N) is 2. The first kappa shape index (κ1) is 20.3. The third-order valence-corrected chi connectivity index (χ3v) is 5.94. The number of carbonyl (C=O) groups excluding carboxylic acids is 1. The first-order valence-corrected chi connectivity index (χ1v) is 11.1. The number of benzene rings is 2. The molecule has 7 nitrogen and oxygen atoms in total. The van der Waals surface area contributed by atoms with Crippen LogP contribution in [0.2, 0.25) is 0 Å². The van der Waals surface area contributed by atoms with Crippen molar-refractivity contribution in [2.75, 3.05) is 12.1 Å². The maximum atomic E-state index is 12.7. The Morgan fingerprint density at radius 3 is 2.59 bits per heavy atom. The van der Waals surface area contributed by atoms with Gasteiger partial charge in [0.25, 0.3) is 5.91 Å². The maximum Gasteiger partial charge on any atom is 0.251 e. The van der Waals surface area contributed by atoms with Gasteiger partial charge in [0, 0.05) is 36.1 Å². The van der Waals surface area contributed by atoms with Crippen LogP contribution in [-0.4, -0.2) is 28.7 Å². The van der Waals surface area contributed by atoms with Crippen LogP contribution in [0, 0.1) is 0 Å². The van der Waals surface area contributed by atoms with Crippen molar-refractivity contribution in [3.8, 4) is 22.6 Å². The first-order valence-electron chi connectivity index (χ1n) is 11.1. The molecule has 1 fully saturated rings. The molecule has 0 atom stereocenters. The lowest BCUT2D eigenvalue weighted by atomic mass is 9.96. The number of ether oxygens (including phenoxy) is 2. The fourth-order valence-electron chi connectivity index (χ4n) is 4.16. The Bertz CT molecular complexity index is 1090. The Morgan fingerprint density at radius 2 is 1.75 bits per heavy atom.